The number of nitrogens with zero attached hydrogens (tertiary/aromatic N) is 2. The van der Waals surface area contributed by atoms with Crippen LogP contribution in [0.3, 0.4) is 0 Å². The van der Waals surface area contributed by atoms with Gasteiger partial charge in [0.25, 0.3) is 0 Å². The zero-order chi connectivity index (χ0) is 17.3. The zero-order valence-corrected chi connectivity index (χ0v) is 14.9. The molecular formula is C20H27N3O2. The molecule has 1 aliphatic rings. The molecule has 1 aliphatic heterocycles. The highest BCUT2D eigenvalue weighted by atomic mass is 16.5. The lowest BCUT2D eigenvalue weighted by atomic mass is 10.2. The van der Waals surface area contributed by atoms with Gasteiger partial charge in [-0.15, -0.1) is 0 Å². The van der Waals surface area contributed by atoms with Crippen LogP contribution < -0.4 is 10.1 Å². The number of hydrogen-bond acceptors (Lipinski definition) is 5. The van der Waals surface area contributed by atoms with Gasteiger partial charge in [-0.3, -0.25) is 9.88 Å². The Balaban J connectivity index is 1.49. The fourth-order valence-electron chi connectivity index (χ4n) is 2.98. The van der Waals surface area contributed by atoms with E-state index < -0.39 is 0 Å². The fraction of sp³-hybridized carbons (Fsp3) is 0.450. The minimum Gasteiger partial charge on any atom is -0.487 e. The number of hydrogen-bond donors (Lipinski definition) is 1. The summed E-state index contributed by atoms with van der Waals surface area (Å²) < 4.78 is 11.8. The Morgan fingerprint density at radius 3 is 2.96 bits per heavy atom. The maximum Gasteiger partial charge on any atom is 0.130 e. The lowest BCUT2D eigenvalue weighted by molar-refractivity contribution is -0.0253. The molecule has 2 heterocycles. The van der Waals surface area contributed by atoms with E-state index in [-0.39, 0.29) is 6.10 Å². The number of rotatable bonds is 8. The van der Waals surface area contributed by atoms with E-state index in [0.29, 0.717) is 6.61 Å². The summed E-state index contributed by atoms with van der Waals surface area (Å²) in [4.78, 5) is 6.73. The molecule has 0 amide bonds. The minimum atomic E-state index is 0.260. The van der Waals surface area contributed by atoms with Crippen molar-refractivity contribution in [2.45, 2.75) is 26.2 Å². The summed E-state index contributed by atoms with van der Waals surface area (Å²) in [5.41, 5.74) is 2.09. The van der Waals surface area contributed by atoms with Gasteiger partial charge < -0.3 is 14.8 Å². The molecule has 1 aromatic carbocycles. The predicted molar refractivity (Wildman–Crippen MR) is 98.6 cm³/mol. The van der Waals surface area contributed by atoms with Gasteiger partial charge in [-0.05, 0) is 24.7 Å². The zero-order valence-electron chi connectivity index (χ0n) is 14.9. The van der Waals surface area contributed by atoms with Gasteiger partial charge in [0, 0.05) is 37.9 Å². The number of benzene rings is 1. The lowest BCUT2D eigenvalue weighted by Crippen LogP contribution is -2.46. The number of likely N-dealkylation sites (N-methyl/N-ethyl adjacent to an activating group) is 1. The molecule has 1 atom stereocenters. The second-order valence-corrected chi connectivity index (χ2v) is 6.23. The van der Waals surface area contributed by atoms with Crippen LogP contribution in [-0.2, 0) is 17.9 Å². The number of ether oxygens (including phenoxy) is 2. The first kappa shape index (κ1) is 17.9. The van der Waals surface area contributed by atoms with E-state index in [9.17, 15) is 0 Å². The van der Waals surface area contributed by atoms with E-state index in [2.05, 4.69) is 28.2 Å². The Morgan fingerprint density at radius 1 is 1.24 bits per heavy atom. The molecule has 5 heteroatoms. The molecule has 0 radical (unpaired) electrons. The van der Waals surface area contributed by atoms with Crippen molar-refractivity contribution in [1.82, 2.24) is 15.2 Å². The number of morpholine rings is 1. The van der Waals surface area contributed by atoms with Crippen LogP contribution in [-0.4, -0.2) is 48.8 Å². The van der Waals surface area contributed by atoms with Crippen LogP contribution in [0.25, 0.3) is 0 Å². The van der Waals surface area contributed by atoms with Gasteiger partial charge in [-0.1, -0.05) is 31.2 Å². The van der Waals surface area contributed by atoms with Crippen LogP contribution >= 0.6 is 0 Å². The molecule has 0 bridgehead atoms. The van der Waals surface area contributed by atoms with Crippen molar-refractivity contribution in [2.75, 3.05) is 32.8 Å². The first-order valence-electron chi connectivity index (χ1n) is 9.00. The molecule has 0 aliphatic carbocycles. The maximum atomic E-state index is 5.96. The summed E-state index contributed by atoms with van der Waals surface area (Å²) in [6, 6.07) is 14.0. The first-order valence-corrected chi connectivity index (χ1v) is 9.00. The molecule has 3 rings (SSSR count). The predicted octanol–water partition coefficient (Wildman–Crippen LogP) is 2.47. The van der Waals surface area contributed by atoms with Crippen LogP contribution in [0.5, 0.6) is 5.75 Å². The molecule has 134 valence electrons. The van der Waals surface area contributed by atoms with Crippen molar-refractivity contribution < 1.29 is 9.47 Å². The Bertz CT molecular complexity index is 636. The highest BCUT2D eigenvalue weighted by Crippen LogP contribution is 2.19. The topological polar surface area (TPSA) is 46.6 Å². The van der Waals surface area contributed by atoms with Crippen molar-refractivity contribution in [1.29, 1.82) is 0 Å². The number of aromatic nitrogens is 1. The van der Waals surface area contributed by atoms with Gasteiger partial charge >= 0.3 is 0 Å². The van der Waals surface area contributed by atoms with E-state index >= 15 is 0 Å². The van der Waals surface area contributed by atoms with Gasteiger partial charge in [0.05, 0.1) is 18.4 Å². The summed E-state index contributed by atoms with van der Waals surface area (Å²) in [6.07, 6.45) is 2.05. The highest BCUT2D eigenvalue weighted by Gasteiger charge is 2.18. The summed E-state index contributed by atoms with van der Waals surface area (Å²) in [5.74, 6) is 0.903. The maximum absolute atomic E-state index is 5.96. The number of para-hydroxylation sites is 1. The summed E-state index contributed by atoms with van der Waals surface area (Å²) in [6.45, 7) is 8.25. The van der Waals surface area contributed by atoms with Crippen LogP contribution in [0.2, 0.25) is 0 Å². The minimum absolute atomic E-state index is 0.260. The van der Waals surface area contributed by atoms with Crippen molar-refractivity contribution in [3.8, 4) is 5.75 Å². The van der Waals surface area contributed by atoms with Crippen LogP contribution in [0.15, 0.2) is 48.7 Å². The summed E-state index contributed by atoms with van der Waals surface area (Å²) in [5, 5.41) is 3.51. The Hall–Kier alpha value is -1.95. The quantitative estimate of drug-likeness (QED) is 0.799. The van der Waals surface area contributed by atoms with Crippen LogP contribution in [0.1, 0.15) is 18.2 Å². The molecule has 1 aromatic heterocycles. The van der Waals surface area contributed by atoms with Gasteiger partial charge in [0.15, 0.2) is 0 Å². The third-order valence-corrected chi connectivity index (χ3v) is 4.43. The third-order valence-electron chi connectivity index (χ3n) is 4.43. The average Bonchev–Trinajstić information content (AvgIpc) is 2.68. The molecule has 1 fully saturated rings. The fourth-order valence-corrected chi connectivity index (χ4v) is 2.98. The average molecular weight is 341 g/mol. The third kappa shape index (κ3) is 5.53. The van der Waals surface area contributed by atoms with E-state index in [4.69, 9.17) is 9.47 Å². The van der Waals surface area contributed by atoms with Crippen LogP contribution in [0.4, 0.5) is 0 Å². The molecule has 1 N–H and O–H groups in total. The highest BCUT2D eigenvalue weighted by molar-refractivity contribution is 5.33. The SMILES string of the molecule is CCN1CCO[C@@H](CNCc2ccccc2OCc2ccccn2)C1. The monoisotopic (exact) mass is 341 g/mol. The second-order valence-electron chi connectivity index (χ2n) is 6.23. The van der Waals surface area contributed by atoms with E-state index in [1.807, 2.05) is 36.4 Å². The van der Waals surface area contributed by atoms with E-state index in [0.717, 1.165) is 56.3 Å². The molecule has 25 heavy (non-hydrogen) atoms. The van der Waals surface area contributed by atoms with Gasteiger partial charge in [-0.2, -0.15) is 0 Å². The van der Waals surface area contributed by atoms with Gasteiger partial charge in [0.2, 0.25) is 0 Å². The van der Waals surface area contributed by atoms with Gasteiger partial charge in [-0.25, -0.2) is 0 Å². The molecule has 0 unspecified atom stereocenters. The van der Waals surface area contributed by atoms with Crippen molar-refractivity contribution >= 4 is 0 Å². The Morgan fingerprint density at radius 2 is 2.12 bits per heavy atom. The molecule has 1 saturated heterocycles. The van der Waals surface area contributed by atoms with E-state index in [1.54, 1.807) is 6.20 Å². The normalized spacial score (nSPS) is 18.2. The molecule has 5 nitrogen and oxygen atoms in total. The summed E-state index contributed by atoms with van der Waals surface area (Å²) in [7, 11) is 0. The van der Waals surface area contributed by atoms with Gasteiger partial charge in [0.1, 0.15) is 12.4 Å². The van der Waals surface area contributed by atoms with Crippen molar-refractivity contribution in [2.24, 2.45) is 0 Å². The molecule has 0 spiro atoms. The van der Waals surface area contributed by atoms with Crippen molar-refractivity contribution in [3.05, 3.63) is 59.9 Å². The molecule has 0 saturated carbocycles. The number of pyridine rings is 1. The van der Waals surface area contributed by atoms with E-state index in [1.165, 1.54) is 0 Å². The number of nitrogens with one attached hydrogen (secondary N) is 1. The van der Waals surface area contributed by atoms with Crippen LogP contribution in [0, 0.1) is 0 Å². The van der Waals surface area contributed by atoms with Crippen molar-refractivity contribution in [3.63, 3.8) is 0 Å². The first-order chi connectivity index (χ1) is 12.3. The molecule has 2 aromatic rings. The molecular weight excluding hydrogens is 314 g/mol. The largest absolute Gasteiger partial charge is 0.487 e. The Kier molecular flexibility index (Phi) is 6.79. The second kappa shape index (κ2) is 9.51. The standard InChI is InChI=1S/C20H27N3O2/c1-2-23-11-12-24-19(15-23)14-21-13-17-7-3-4-9-20(17)25-16-18-8-5-6-10-22-18/h3-10,19,21H,2,11-16H2,1H3/t19-/m0/s1. The summed E-state index contributed by atoms with van der Waals surface area (Å²) >= 11 is 0. The smallest absolute Gasteiger partial charge is 0.130 e. The Labute approximate surface area is 150 Å². The lowest BCUT2D eigenvalue weighted by Gasteiger charge is -2.32.